The van der Waals surface area contributed by atoms with Crippen LogP contribution in [-0.4, -0.2) is 33.5 Å². The van der Waals surface area contributed by atoms with E-state index in [4.69, 9.17) is 14.2 Å². The van der Waals surface area contributed by atoms with Crippen LogP contribution >= 0.6 is 113 Å². The SMILES string of the molecule is COCCOCCOCc1c(CI)c(CI)c(CI)c(CI)c1CI. The molecule has 0 saturated heterocycles. The standard InChI is InChI=1S/C17H23I5O3/c1-23-2-3-24-4-5-25-11-17-15(9-21)13(7-19)12(6-18)14(8-20)16(17)10-22/h2-11H2,1H3. The molecule has 0 spiro atoms. The van der Waals surface area contributed by atoms with E-state index in [1.54, 1.807) is 12.7 Å². The maximum Gasteiger partial charge on any atom is 0.0724 e. The third kappa shape index (κ3) is 7.83. The van der Waals surface area contributed by atoms with Gasteiger partial charge in [0.15, 0.2) is 0 Å². The normalized spacial score (nSPS) is 11.3. The van der Waals surface area contributed by atoms with Crippen LogP contribution in [-0.2, 0) is 43.0 Å². The van der Waals surface area contributed by atoms with E-state index in [0.717, 1.165) is 22.1 Å². The second-order valence-electron chi connectivity index (χ2n) is 5.20. The van der Waals surface area contributed by atoms with Crippen LogP contribution in [0.4, 0.5) is 0 Å². The fourth-order valence-electron chi connectivity index (χ4n) is 2.61. The number of ether oxygens (including phenoxy) is 3. The van der Waals surface area contributed by atoms with Crippen molar-refractivity contribution in [1.82, 2.24) is 0 Å². The van der Waals surface area contributed by atoms with Crippen molar-refractivity contribution in [2.45, 2.75) is 28.7 Å². The zero-order chi connectivity index (χ0) is 18.7. The molecule has 3 nitrogen and oxygen atoms in total. The zero-order valence-electron chi connectivity index (χ0n) is 14.2. The summed E-state index contributed by atoms with van der Waals surface area (Å²) in [6.45, 7) is 3.18. The predicted octanol–water partition coefficient (Wildman–Crippen LogP) is 6.54. The highest BCUT2D eigenvalue weighted by Crippen LogP contribution is 2.36. The van der Waals surface area contributed by atoms with Gasteiger partial charge < -0.3 is 14.2 Å². The Morgan fingerprint density at radius 1 is 0.520 bits per heavy atom. The lowest BCUT2D eigenvalue weighted by atomic mass is 9.90. The average Bonchev–Trinajstić information content (AvgIpc) is 2.65. The van der Waals surface area contributed by atoms with Crippen molar-refractivity contribution in [1.29, 1.82) is 0 Å². The van der Waals surface area contributed by atoms with E-state index >= 15 is 0 Å². The van der Waals surface area contributed by atoms with Gasteiger partial charge in [0.2, 0.25) is 0 Å². The molecule has 1 rings (SSSR count). The van der Waals surface area contributed by atoms with Gasteiger partial charge in [-0.25, -0.2) is 0 Å². The van der Waals surface area contributed by atoms with Gasteiger partial charge in [-0.2, -0.15) is 0 Å². The highest BCUT2D eigenvalue weighted by molar-refractivity contribution is 14.1. The van der Waals surface area contributed by atoms with Gasteiger partial charge in [0.25, 0.3) is 0 Å². The van der Waals surface area contributed by atoms with Gasteiger partial charge in [-0.3, -0.25) is 0 Å². The van der Waals surface area contributed by atoms with E-state index in [1.165, 1.54) is 27.8 Å². The number of hydrogen-bond donors (Lipinski definition) is 0. The summed E-state index contributed by atoms with van der Waals surface area (Å²) in [6, 6.07) is 0. The third-order valence-electron chi connectivity index (χ3n) is 3.90. The molecule has 1 aromatic carbocycles. The van der Waals surface area contributed by atoms with Crippen LogP contribution in [0, 0.1) is 0 Å². The molecule has 0 atom stereocenters. The van der Waals surface area contributed by atoms with Crippen molar-refractivity contribution in [3.8, 4) is 0 Å². The summed E-state index contributed by atoms with van der Waals surface area (Å²) in [6.07, 6.45) is 0. The Kier molecular flexibility index (Phi) is 16.1. The second kappa shape index (κ2) is 15.6. The third-order valence-corrected chi connectivity index (χ3v) is 7.72. The molecule has 1 aromatic rings. The van der Waals surface area contributed by atoms with Crippen molar-refractivity contribution < 1.29 is 14.2 Å². The lowest BCUT2D eigenvalue weighted by molar-refractivity contribution is 0.0197. The largest absolute Gasteiger partial charge is 0.382 e. The smallest absolute Gasteiger partial charge is 0.0724 e. The summed E-state index contributed by atoms with van der Waals surface area (Å²) >= 11 is 12.5. The topological polar surface area (TPSA) is 27.7 Å². The predicted molar refractivity (Wildman–Crippen MR) is 147 cm³/mol. The van der Waals surface area contributed by atoms with Crippen molar-refractivity contribution in [2.24, 2.45) is 0 Å². The van der Waals surface area contributed by atoms with Crippen LogP contribution in [0.15, 0.2) is 0 Å². The molecule has 0 fully saturated rings. The molecular weight excluding hydrogens is 887 g/mol. The fourth-order valence-corrected chi connectivity index (χ4v) is 7.21. The maximum absolute atomic E-state index is 5.98. The number of hydrogen-bond acceptors (Lipinski definition) is 3. The first-order chi connectivity index (χ1) is 12.2. The molecule has 0 saturated carbocycles. The van der Waals surface area contributed by atoms with Crippen molar-refractivity contribution in [3.63, 3.8) is 0 Å². The molecule has 0 aliphatic rings. The number of methoxy groups -OCH3 is 1. The Morgan fingerprint density at radius 2 is 0.880 bits per heavy atom. The Balaban J connectivity index is 2.99. The van der Waals surface area contributed by atoms with Crippen molar-refractivity contribution >= 4 is 113 Å². The molecule has 0 heterocycles. The highest BCUT2D eigenvalue weighted by atomic mass is 127. The minimum Gasteiger partial charge on any atom is -0.382 e. The van der Waals surface area contributed by atoms with E-state index in [2.05, 4.69) is 113 Å². The van der Waals surface area contributed by atoms with Gasteiger partial charge in [0.05, 0.1) is 33.0 Å². The van der Waals surface area contributed by atoms with Crippen LogP contribution in [0.5, 0.6) is 0 Å². The van der Waals surface area contributed by atoms with E-state index in [9.17, 15) is 0 Å². The summed E-state index contributed by atoms with van der Waals surface area (Å²) in [5, 5.41) is 0. The van der Waals surface area contributed by atoms with Crippen molar-refractivity contribution in [2.75, 3.05) is 33.5 Å². The molecule has 0 radical (unpaired) electrons. The molecular formula is C17H23I5O3. The maximum atomic E-state index is 5.98. The molecule has 0 aliphatic carbocycles. The zero-order valence-corrected chi connectivity index (χ0v) is 25.0. The number of rotatable bonds is 13. The molecule has 8 heteroatoms. The lowest BCUT2D eigenvalue weighted by Crippen LogP contribution is -2.13. The molecule has 0 amide bonds. The minimum absolute atomic E-state index is 0.618. The van der Waals surface area contributed by atoms with E-state index in [1.807, 2.05) is 0 Å². The van der Waals surface area contributed by atoms with Gasteiger partial charge in [0.1, 0.15) is 0 Å². The summed E-state index contributed by atoms with van der Waals surface area (Å²) in [5.41, 5.74) is 8.99. The molecule has 0 aromatic heterocycles. The molecule has 0 bridgehead atoms. The van der Waals surface area contributed by atoms with Crippen LogP contribution < -0.4 is 0 Å². The molecule has 0 aliphatic heterocycles. The Hall–Kier alpha value is 2.75. The minimum atomic E-state index is 0.618. The van der Waals surface area contributed by atoms with Gasteiger partial charge in [-0.05, 0) is 33.4 Å². The Morgan fingerprint density at radius 3 is 1.28 bits per heavy atom. The molecule has 144 valence electrons. The first kappa shape index (κ1) is 25.8. The monoisotopic (exact) mass is 910 g/mol. The van der Waals surface area contributed by atoms with Gasteiger partial charge >= 0.3 is 0 Å². The van der Waals surface area contributed by atoms with Crippen LogP contribution in [0.3, 0.4) is 0 Å². The summed E-state index contributed by atoms with van der Waals surface area (Å²) in [5.74, 6) is 0. The first-order valence-electron chi connectivity index (χ1n) is 7.81. The fraction of sp³-hybridized carbons (Fsp3) is 0.647. The van der Waals surface area contributed by atoms with Crippen LogP contribution in [0.25, 0.3) is 0 Å². The highest BCUT2D eigenvalue weighted by Gasteiger charge is 2.21. The van der Waals surface area contributed by atoms with Crippen LogP contribution in [0.2, 0.25) is 0 Å². The number of benzene rings is 1. The molecule has 25 heavy (non-hydrogen) atoms. The van der Waals surface area contributed by atoms with Gasteiger partial charge in [-0.15, -0.1) is 0 Å². The van der Waals surface area contributed by atoms with Gasteiger partial charge in [0, 0.05) is 29.2 Å². The number of halogens is 5. The van der Waals surface area contributed by atoms with Crippen molar-refractivity contribution in [3.05, 3.63) is 33.4 Å². The van der Waals surface area contributed by atoms with E-state index in [0.29, 0.717) is 33.0 Å². The Bertz CT molecular complexity index is 492. The van der Waals surface area contributed by atoms with E-state index in [-0.39, 0.29) is 0 Å². The second-order valence-corrected chi connectivity index (χ2v) is 9.01. The summed E-state index contributed by atoms with van der Waals surface area (Å²) < 4.78 is 21.7. The number of alkyl halides is 5. The molecule has 0 N–H and O–H groups in total. The lowest BCUT2D eigenvalue weighted by Gasteiger charge is -2.23. The van der Waals surface area contributed by atoms with Gasteiger partial charge in [-0.1, -0.05) is 113 Å². The summed E-state index contributed by atoms with van der Waals surface area (Å²) in [7, 11) is 1.69. The quantitative estimate of drug-likeness (QED) is 0.128. The van der Waals surface area contributed by atoms with E-state index < -0.39 is 0 Å². The van der Waals surface area contributed by atoms with Crippen LogP contribution in [0.1, 0.15) is 33.4 Å². The summed E-state index contributed by atoms with van der Waals surface area (Å²) in [4.78, 5) is 0. The average molecular weight is 910 g/mol. The Labute approximate surface area is 219 Å². The first-order valence-corrected chi connectivity index (χ1v) is 15.4. The molecule has 0 unspecified atom stereocenters.